The minimum absolute atomic E-state index is 0.568. The van der Waals surface area contributed by atoms with Crippen molar-refractivity contribution in [1.82, 2.24) is 10.2 Å². The molecule has 0 bridgehead atoms. The van der Waals surface area contributed by atoms with Crippen molar-refractivity contribution < 1.29 is 0 Å². The average Bonchev–Trinajstić information content (AvgIpc) is 2.66. The fourth-order valence-corrected chi connectivity index (χ4v) is 2.73. The van der Waals surface area contributed by atoms with Gasteiger partial charge < -0.3 is 5.32 Å². The summed E-state index contributed by atoms with van der Waals surface area (Å²) >= 11 is 1.86. The van der Waals surface area contributed by atoms with Crippen LogP contribution in [0.15, 0.2) is 17.5 Å². The summed E-state index contributed by atoms with van der Waals surface area (Å²) in [7, 11) is 2.23. The normalized spacial score (nSPS) is 19.1. The molecule has 0 radical (unpaired) electrons. The summed E-state index contributed by atoms with van der Waals surface area (Å²) in [5.74, 6) is 0.919. The summed E-state index contributed by atoms with van der Waals surface area (Å²) in [5, 5.41) is 5.49. The van der Waals surface area contributed by atoms with E-state index in [1.165, 1.54) is 30.9 Å². The molecule has 1 fully saturated rings. The van der Waals surface area contributed by atoms with Crippen LogP contribution in [0.3, 0.4) is 0 Å². The van der Waals surface area contributed by atoms with Gasteiger partial charge in [-0.25, -0.2) is 0 Å². The van der Waals surface area contributed by atoms with Crippen LogP contribution in [-0.2, 0) is 0 Å². The van der Waals surface area contributed by atoms with Gasteiger partial charge in [0.05, 0.1) is 0 Å². The molecule has 1 aromatic rings. The van der Waals surface area contributed by atoms with Crippen molar-refractivity contribution in [2.45, 2.75) is 19.4 Å². The van der Waals surface area contributed by atoms with Gasteiger partial charge in [0, 0.05) is 10.9 Å². The first-order valence-corrected chi connectivity index (χ1v) is 6.59. The first kappa shape index (κ1) is 11.1. The van der Waals surface area contributed by atoms with Gasteiger partial charge in [0.2, 0.25) is 0 Å². The molecule has 1 N–H and O–H groups in total. The molecule has 1 aromatic heterocycles. The highest BCUT2D eigenvalue weighted by atomic mass is 32.1. The van der Waals surface area contributed by atoms with Gasteiger partial charge in [-0.3, -0.25) is 4.90 Å². The molecule has 1 unspecified atom stereocenters. The topological polar surface area (TPSA) is 15.3 Å². The predicted molar refractivity (Wildman–Crippen MR) is 66.3 cm³/mol. The van der Waals surface area contributed by atoms with Gasteiger partial charge >= 0.3 is 0 Å². The standard InChI is InChI=1S/C12H20N2S/c1-10(12-4-3-7-15-12)14(2)6-5-11-8-13-9-11/h3-4,7,10-11,13H,5-6,8-9H2,1-2H3. The van der Waals surface area contributed by atoms with Crippen LogP contribution >= 0.6 is 11.3 Å². The van der Waals surface area contributed by atoms with E-state index >= 15 is 0 Å². The highest BCUT2D eigenvalue weighted by molar-refractivity contribution is 7.10. The van der Waals surface area contributed by atoms with Crippen LogP contribution in [0.5, 0.6) is 0 Å². The maximum atomic E-state index is 3.33. The fourth-order valence-electron chi connectivity index (χ4n) is 1.88. The minimum atomic E-state index is 0.568. The summed E-state index contributed by atoms with van der Waals surface area (Å²) in [6, 6.07) is 4.94. The van der Waals surface area contributed by atoms with E-state index in [9.17, 15) is 0 Å². The molecule has 1 atom stereocenters. The van der Waals surface area contributed by atoms with Crippen LogP contribution in [-0.4, -0.2) is 31.6 Å². The Balaban J connectivity index is 1.76. The molecule has 1 saturated heterocycles. The molecule has 1 aliphatic rings. The monoisotopic (exact) mass is 224 g/mol. The predicted octanol–water partition coefficient (Wildman–Crippen LogP) is 2.35. The van der Waals surface area contributed by atoms with E-state index < -0.39 is 0 Å². The Hall–Kier alpha value is -0.380. The minimum Gasteiger partial charge on any atom is -0.316 e. The van der Waals surface area contributed by atoms with E-state index in [1.54, 1.807) is 0 Å². The van der Waals surface area contributed by atoms with Gasteiger partial charge in [-0.15, -0.1) is 11.3 Å². The number of nitrogens with zero attached hydrogens (tertiary/aromatic N) is 1. The van der Waals surface area contributed by atoms with Gasteiger partial charge in [0.25, 0.3) is 0 Å². The van der Waals surface area contributed by atoms with E-state index in [0.717, 1.165) is 5.92 Å². The van der Waals surface area contributed by atoms with Crippen LogP contribution < -0.4 is 5.32 Å². The molecule has 0 saturated carbocycles. The Labute approximate surface area is 96.3 Å². The molecule has 0 spiro atoms. The Morgan fingerprint density at radius 1 is 1.60 bits per heavy atom. The molecule has 3 heteroatoms. The molecule has 0 amide bonds. The highest BCUT2D eigenvalue weighted by Crippen LogP contribution is 2.24. The van der Waals surface area contributed by atoms with Crippen molar-refractivity contribution in [3.8, 4) is 0 Å². The third-order valence-electron chi connectivity index (χ3n) is 3.37. The van der Waals surface area contributed by atoms with Crippen LogP contribution in [0.25, 0.3) is 0 Å². The number of hydrogen-bond acceptors (Lipinski definition) is 3. The van der Waals surface area contributed by atoms with E-state index in [2.05, 4.69) is 41.7 Å². The van der Waals surface area contributed by atoms with Crippen molar-refractivity contribution in [3.63, 3.8) is 0 Å². The van der Waals surface area contributed by atoms with Crippen LogP contribution in [0.2, 0.25) is 0 Å². The van der Waals surface area contributed by atoms with Gasteiger partial charge in [-0.2, -0.15) is 0 Å². The molecule has 2 nitrogen and oxygen atoms in total. The van der Waals surface area contributed by atoms with Crippen molar-refractivity contribution >= 4 is 11.3 Å². The largest absolute Gasteiger partial charge is 0.316 e. The van der Waals surface area contributed by atoms with Crippen molar-refractivity contribution in [2.24, 2.45) is 5.92 Å². The van der Waals surface area contributed by atoms with E-state index in [4.69, 9.17) is 0 Å². The second kappa shape index (κ2) is 5.10. The van der Waals surface area contributed by atoms with Crippen LogP contribution in [0, 0.1) is 5.92 Å². The fraction of sp³-hybridized carbons (Fsp3) is 0.667. The quantitative estimate of drug-likeness (QED) is 0.826. The first-order valence-electron chi connectivity index (χ1n) is 5.71. The number of nitrogens with one attached hydrogen (secondary N) is 1. The lowest BCUT2D eigenvalue weighted by Crippen LogP contribution is -2.43. The van der Waals surface area contributed by atoms with Gasteiger partial charge in [0.15, 0.2) is 0 Å². The molecule has 0 aromatic carbocycles. The molecule has 84 valence electrons. The van der Waals surface area contributed by atoms with Crippen LogP contribution in [0.1, 0.15) is 24.3 Å². The zero-order valence-electron chi connectivity index (χ0n) is 9.57. The van der Waals surface area contributed by atoms with E-state index in [-0.39, 0.29) is 0 Å². The van der Waals surface area contributed by atoms with Gasteiger partial charge in [-0.05, 0) is 57.4 Å². The van der Waals surface area contributed by atoms with Crippen molar-refractivity contribution in [2.75, 3.05) is 26.7 Å². The molecule has 0 aliphatic carbocycles. The summed E-state index contributed by atoms with van der Waals surface area (Å²) < 4.78 is 0. The summed E-state index contributed by atoms with van der Waals surface area (Å²) in [5.41, 5.74) is 0. The SMILES string of the molecule is CC(c1cccs1)N(C)CCC1CNC1. The highest BCUT2D eigenvalue weighted by Gasteiger charge is 2.18. The van der Waals surface area contributed by atoms with E-state index in [0.29, 0.717) is 6.04 Å². The van der Waals surface area contributed by atoms with Crippen LogP contribution in [0.4, 0.5) is 0 Å². The average molecular weight is 224 g/mol. The zero-order chi connectivity index (χ0) is 10.7. The lowest BCUT2D eigenvalue weighted by Gasteiger charge is -2.30. The maximum absolute atomic E-state index is 3.33. The maximum Gasteiger partial charge on any atom is 0.0410 e. The second-order valence-corrected chi connectivity index (χ2v) is 5.46. The molecule has 2 heterocycles. The number of rotatable bonds is 5. The third kappa shape index (κ3) is 2.80. The van der Waals surface area contributed by atoms with Crippen molar-refractivity contribution in [3.05, 3.63) is 22.4 Å². The molecule has 1 aliphatic heterocycles. The van der Waals surface area contributed by atoms with E-state index in [1.807, 2.05) is 11.3 Å². The number of thiophene rings is 1. The van der Waals surface area contributed by atoms with Gasteiger partial charge in [0.1, 0.15) is 0 Å². The molecule has 15 heavy (non-hydrogen) atoms. The Morgan fingerprint density at radius 3 is 2.93 bits per heavy atom. The lowest BCUT2D eigenvalue weighted by atomic mass is 9.99. The number of hydrogen-bond donors (Lipinski definition) is 1. The smallest absolute Gasteiger partial charge is 0.0410 e. The first-order chi connectivity index (χ1) is 7.27. The Bertz CT molecular complexity index is 280. The molecular weight excluding hydrogens is 204 g/mol. The second-order valence-electron chi connectivity index (χ2n) is 4.48. The summed E-state index contributed by atoms with van der Waals surface area (Å²) in [6.45, 7) is 5.96. The summed E-state index contributed by atoms with van der Waals surface area (Å²) in [6.07, 6.45) is 1.33. The Kier molecular flexibility index (Phi) is 3.78. The van der Waals surface area contributed by atoms with Gasteiger partial charge in [-0.1, -0.05) is 6.07 Å². The summed E-state index contributed by atoms with van der Waals surface area (Å²) in [4.78, 5) is 3.94. The lowest BCUT2D eigenvalue weighted by molar-refractivity contribution is 0.219. The molecule has 2 rings (SSSR count). The zero-order valence-corrected chi connectivity index (χ0v) is 10.4. The Morgan fingerprint density at radius 2 is 2.40 bits per heavy atom. The van der Waals surface area contributed by atoms with Crippen molar-refractivity contribution in [1.29, 1.82) is 0 Å². The molecular formula is C12H20N2S. The third-order valence-corrected chi connectivity index (χ3v) is 4.41.